The highest BCUT2D eigenvalue weighted by atomic mass is 16.2. The molecule has 5 heteroatoms. The third-order valence-electron chi connectivity index (χ3n) is 4.63. The van der Waals surface area contributed by atoms with Gasteiger partial charge in [-0.2, -0.15) is 0 Å². The van der Waals surface area contributed by atoms with Crippen LogP contribution < -0.4 is 5.73 Å². The molecule has 3 atom stereocenters. The second-order valence-corrected chi connectivity index (χ2v) is 5.71. The monoisotopic (exact) mass is 261 g/mol. The second kappa shape index (κ2) is 4.40. The molecule has 0 bridgehead atoms. The number of nitrogens with one attached hydrogen (secondary N) is 1. The molecule has 2 aliphatic rings. The number of nitrogens with two attached hydrogens (primary N) is 1. The van der Waals surface area contributed by atoms with Crippen LogP contribution in [0.25, 0.3) is 0 Å². The van der Waals surface area contributed by atoms with Crippen molar-refractivity contribution in [2.75, 3.05) is 6.54 Å². The Kier molecular flexibility index (Phi) is 2.84. The Morgan fingerprint density at radius 1 is 1.37 bits per heavy atom. The molecule has 0 unspecified atom stereocenters. The molecule has 0 aromatic carbocycles. The van der Waals surface area contributed by atoms with E-state index in [1.807, 2.05) is 6.92 Å². The zero-order valence-corrected chi connectivity index (χ0v) is 11.1. The summed E-state index contributed by atoms with van der Waals surface area (Å²) >= 11 is 0. The zero-order valence-electron chi connectivity index (χ0n) is 11.1. The van der Waals surface area contributed by atoms with Gasteiger partial charge in [-0.05, 0) is 37.2 Å². The van der Waals surface area contributed by atoms with E-state index in [1.165, 1.54) is 0 Å². The van der Waals surface area contributed by atoms with E-state index >= 15 is 0 Å². The molecule has 1 aromatic rings. The molecule has 19 heavy (non-hydrogen) atoms. The second-order valence-electron chi connectivity index (χ2n) is 5.71. The van der Waals surface area contributed by atoms with Gasteiger partial charge >= 0.3 is 0 Å². The van der Waals surface area contributed by atoms with Gasteiger partial charge in [0.25, 0.3) is 5.91 Å². The van der Waals surface area contributed by atoms with Gasteiger partial charge in [-0.3, -0.25) is 9.59 Å². The van der Waals surface area contributed by atoms with Gasteiger partial charge in [-0.1, -0.05) is 6.42 Å². The number of carbonyl (C=O) groups excluding carboxylic acids is 2. The van der Waals surface area contributed by atoms with Crippen LogP contribution in [0.15, 0.2) is 12.4 Å². The average molecular weight is 261 g/mol. The van der Waals surface area contributed by atoms with Crippen LogP contribution in [0.3, 0.4) is 0 Å². The number of amides is 2. The van der Waals surface area contributed by atoms with Crippen LogP contribution in [0.4, 0.5) is 0 Å². The van der Waals surface area contributed by atoms with Crippen molar-refractivity contribution in [3.05, 3.63) is 23.5 Å². The number of aromatic amines is 1. The quantitative estimate of drug-likeness (QED) is 0.834. The van der Waals surface area contributed by atoms with Crippen LogP contribution in [0.5, 0.6) is 0 Å². The standard InChI is InChI=1S/C14H19N3O2/c1-8-5-16-6-11(8)14(19)17-7-9-3-2-4-10(9)12(17)13(15)18/h5-6,9-10,12,16H,2-4,7H2,1H3,(H2,15,18)/t9-,10-,12-/m0/s1. The van der Waals surface area contributed by atoms with Gasteiger partial charge in [0.1, 0.15) is 6.04 Å². The highest BCUT2D eigenvalue weighted by molar-refractivity contribution is 5.98. The topological polar surface area (TPSA) is 79.2 Å². The Balaban J connectivity index is 1.90. The van der Waals surface area contributed by atoms with E-state index in [0.717, 1.165) is 24.8 Å². The van der Waals surface area contributed by atoms with Crippen LogP contribution in [-0.4, -0.2) is 34.3 Å². The first-order valence-electron chi connectivity index (χ1n) is 6.83. The van der Waals surface area contributed by atoms with E-state index in [0.29, 0.717) is 18.0 Å². The van der Waals surface area contributed by atoms with Crippen LogP contribution in [0.1, 0.15) is 35.2 Å². The molecule has 3 N–H and O–H groups in total. The minimum absolute atomic E-state index is 0.0723. The van der Waals surface area contributed by atoms with E-state index in [-0.39, 0.29) is 17.7 Å². The molecule has 102 valence electrons. The number of rotatable bonds is 2. The third-order valence-corrected chi connectivity index (χ3v) is 4.63. The molecular weight excluding hydrogens is 242 g/mol. The van der Waals surface area contributed by atoms with Gasteiger partial charge in [0.2, 0.25) is 5.91 Å². The first kappa shape index (κ1) is 12.3. The number of likely N-dealkylation sites (tertiary alicyclic amines) is 1. The van der Waals surface area contributed by atoms with Crippen molar-refractivity contribution in [1.29, 1.82) is 0 Å². The lowest BCUT2D eigenvalue weighted by Crippen LogP contribution is -2.46. The van der Waals surface area contributed by atoms with Gasteiger partial charge in [0, 0.05) is 18.9 Å². The fraction of sp³-hybridized carbons (Fsp3) is 0.571. The normalized spacial score (nSPS) is 29.5. The summed E-state index contributed by atoms with van der Waals surface area (Å²) in [6.07, 6.45) is 6.75. The Labute approximate surface area is 112 Å². The van der Waals surface area contributed by atoms with Crippen LogP contribution >= 0.6 is 0 Å². The van der Waals surface area contributed by atoms with E-state index in [2.05, 4.69) is 4.98 Å². The van der Waals surface area contributed by atoms with Crippen molar-refractivity contribution < 1.29 is 9.59 Å². The predicted octanol–water partition coefficient (Wildman–Crippen LogP) is 1.05. The molecule has 2 fully saturated rings. The fourth-order valence-corrected chi connectivity index (χ4v) is 3.71. The summed E-state index contributed by atoms with van der Waals surface area (Å²) in [6, 6.07) is -0.422. The molecular formula is C14H19N3O2. The van der Waals surface area contributed by atoms with Gasteiger partial charge in [-0.15, -0.1) is 0 Å². The highest BCUT2D eigenvalue weighted by Gasteiger charge is 2.48. The predicted molar refractivity (Wildman–Crippen MR) is 70.4 cm³/mol. The Hall–Kier alpha value is -1.78. The van der Waals surface area contributed by atoms with E-state index in [1.54, 1.807) is 17.3 Å². The average Bonchev–Trinajstić information content (AvgIpc) is 3.00. The number of fused-ring (bicyclic) bond motifs is 1. The Bertz CT molecular complexity index is 523. The van der Waals surface area contributed by atoms with Gasteiger partial charge in [0.05, 0.1) is 5.56 Å². The number of aromatic nitrogens is 1. The number of carbonyl (C=O) groups is 2. The fourth-order valence-electron chi connectivity index (χ4n) is 3.71. The van der Waals surface area contributed by atoms with Crippen molar-refractivity contribution in [2.45, 2.75) is 32.2 Å². The third kappa shape index (κ3) is 1.84. The first-order chi connectivity index (χ1) is 9.09. The molecule has 3 rings (SSSR count). The highest BCUT2D eigenvalue weighted by Crippen LogP contribution is 2.42. The van der Waals surface area contributed by atoms with Gasteiger partial charge < -0.3 is 15.6 Å². The summed E-state index contributed by atoms with van der Waals surface area (Å²) in [4.78, 5) is 28.9. The number of nitrogens with zero attached hydrogens (tertiary/aromatic N) is 1. The lowest BCUT2D eigenvalue weighted by atomic mass is 9.93. The summed E-state index contributed by atoms with van der Waals surface area (Å²) in [5.41, 5.74) is 7.09. The van der Waals surface area contributed by atoms with Crippen LogP contribution in [0.2, 0.25) is 0 Å². The van der Waals surface area contributed by atoms with Crippen molar-refractivity contribution in [3.63, 3.8) is 0 Å². The van der Waals surface area contributed by atoms with E-state index in [4.69, 9.17) is 5.73 Å². The molecule has 2 amide bonds. The van der Waals surface area contributed by atoms with E-state index in [9.17, 15) is 9.59 Å². The molecule has 0 spiro atoms. The molecule has 1 aliphatic carbocycles. The SMILES string of the molecule is Cc1c[nH]cc1C(=O)N1C[C@@H]2CCC[C@@H]2[C@H]1C(N)=O. The number of hydrogen-bond donors (Lipinski definition) is 2. The summed E-state index contributed by atoms with van der Waals surface area (Å²) < 4.78 is 0. The molecule has 0 radical (unpaired) electrons. The lowest BCUT2D eigenvalue weighted by molar-refractivity contribution is -0.122. The Morgan fingerprint density at radius 2 is 2.16 bits per heavy atom. The lowest BCUT2D eigenvalue weighted by Gasteiger charge is -2.25. The summed E-state index contributed by atoms with van der Waals surface area (Å²) in [5.74, 6) is 0.272. The van der Waals surface area contributed by atoms with Crippen molar-refractivity contribution in [3.8, 4) is 0 Å². The minimum Gasteiger partial charge on any atom is -0.368 e. The number of hydrogen-bond acceptors (Lipinski definition) is 2. The van der Waals surface area contributed by atoms with Crippen LogP contribution in [0, 0.1) is 18.8 Å². The summed E-state index contributed by atoms with van der Waals surface area (Å²) in [5, 5.41) is 0. The maximum atomic E-state index is 12.6. The smallest absolute Gasteiger partial charge is 0.256 e. The summed E-state index contributed by atoms with van der Waals surface area (Å²) in [7, 11) is 0. The first-order valence-corrected chi connectivity index (χ1v) is 6.83. The number of primary amides is 1. The number of H-pyrrole nitrogens is 1. The largest absolute Gasteiger partial charge is 0.368 e. The molecule has 1 aliphatic heterocycles. The molecule has 1 saturated heterocycles. The maximum absolute atomic E-state index is 12.6. The maximum Gasteiger partial charge on any atom is 0.256 e. The number of aryl methyl sites for hydroxylation is 1. The van der Waals surface area contributed by atoms with Crippen LogP contribution in [-0.2, 0) is 4.79 Å². The molecule has 5 nitrogen and oxygen atoms in total. The molecule has 2 heterocycles. The Morgan fingerprint density at radius 3 is 2.79 bits per heavy atom. The zero-order chi connectivity index (χ0) is 13.6. The van der Waals surface area contributed by atoms with E-state index < -0.39 is 6.04 Å². The van der Waals surface area contributed by atoms with Gasteiger partial charge in [0.15, 0.2) is 0 Å². The molecule has 1 saturated carbocycles. The summed E-state index contributed by atoms with van der Waals surface area (Å²) in [6.45, 7) is 2.56. The van der Waals surface area contributed by atoms with Crippen molar-refractivity contribution >= 4 is 11.8 Å². The van der Waals surface area contributed by atoms with Gasteiger partial charge in [-0.25, -0.2) is 0 Å². The minimum atomic E-state index is -0.422. The van der Waals surface area contributed by atoms with Crippen molar-refractivity contribution in [2.24, 2.45) is 17.6 Å². The van der Waals surface area contributed by atoms with Crippen molar-refractivity contribution in [1.82, 2.24) is 9.88 Å². The molecule has 1 aromatic heterocycles.